The minimum atomic E-state index is -0.0681. The maximum atomic E-state index is 5.80. The second-order valence-corrected chi connectivity index (χ2v) is 4.92. The van der Waals surface area contributed by atoms with Gasteiger partial charge in [0.25, 0.3) is 0 Å². The minimum Gasteiger partial charge on any atom is -0.460 e. The Kier molecular flexibility index (Phi) is 4.69. The van der Waals surface area contributed by atoms with Gasteiger partial charge in [0, 0.05) is 16.0 Å². The average Bonchev–Trinajstić information content (AvgIpc) is 2.28. The summed E-state index contributed by atoms with van der Waals surface area (Å²) < 4.78 is 5.74. The Morgan fingerprint density at radius 1 is 1.31 bits per heavy atom. The molecule has 88 valence electrons. The highest BCUT2D eigenvalue weighted by molar-refractivity contribution is 6.30. The van der Waals surface area contributed by atoms with Crippen molar-refractivity contribution in [3.8, 4) is 5.75 Å². The van der Waals surface area contributed by atoms with Crippen molar-refractivity contribution in [2.75, 3.05) is 0 Å². The van der Waals surface area contributed by atoms with E-state index in [-0.39, 0.29) is 5.41 Å². The van der Waals surface area contributed by atoms with Crippen molar-refractivity contribution in [1.82, 2.24) is 0 Å². The zero-order valence-corrected chi connectivity index (χ0v) is 11.3. The fourth-order valence-electron chi connectivity index (χ4n) is 1.11. The largest absolute Gasteiger partial charge is 0.460 e. The lowest BCUT2D eigenvalue weighted by Crippen LogP contribution is -2.17. The molecule has 3 heteroatoms. The van der Waals surface area contributed by atoms with E-state index in [1.165, 1.54) is 5.54 Å². The number of allylic oxidation sites excluding steroid dienone is 1. The summed E-state index contributed by atoms with van der Waals surface area (Å²) >= 11 is 11.6. The fourth-order valence-corrected chi connectivity index (χ4v) is 1.58. The van der Waals surface area contributed by atoms with E-state index in [1.807, 2.05) is 12.1 Å². The Bertz CT molecular complexity index is 366. The van der Waals surface area contributed by atoms with Crippen LogP contribution in [0, 0.1) is 5.41 Å². The van der Waals surface area contributed by atoms with Gasteiger partial charge < -0.3 is 4.74 Å². The van der Waals surface area contributed by atoms with Crippen molar-refractivity contribution in [1.29, 1.82) is 0 Å². The van der Waals surface area contributed by atoms with Gasteiger partial charge in [-0.05, 0) is 30.7 Å². The zero-order chi connectivity index (χ0) is 12.2. The van der Waals surface area contributed by atoms with Crippen molar-refractivity contribution in [3.63, 3.8) is 0 Å². The number of halogens is 2. The molecule has 0 saturated carbocycles. The van der Waals surface area contributed by atoms with Gasteiger partial charge in [-0.2, -0.15) is 0 Å². The molecule has 1 rings (SSSR count). The van der Waals surface area contributed by atoms with Crippen molar-refractivity contribution >= 4 is 23.2 Å². The number of benzene rings is 1. The summed E-state index contributed by atoms with van der Waals surface area (Å²) in [5.74, 6) is 1.51. The number of rotatable bonds is 4. The predicted octanol–water partition coefficient (Wildman–Crippen LogP) is 5.24. The highest BCUT2D eigenvalue weighted by Crippen LogP contribution is 2.32. The van der Waals surface area contributed by atoms with Gasteiger partial charge in [0.05, 0.1) is 0 Å². The zero-order valence-electron chi connectivity index (χ0n) is 9.76. The molecule has 0 unspecified atom stereocenters. The van der Waals surface area contributed by atoms with Crippen molar-refractivity contribution in [2.45, 2.75) is 27.2 Å². The van der Waals surface area contributed by atoms with Crippen LogP contribution in [0.1, 0.15) is 27.2 Å². The van der Waals surface area contributed by atoms with Gasteiger partial charge in [0.15, 0.2) is 0 Å². The molecule has 1 aromatic rings. The van der Waals surface area contributed by atoms with Gasteiger partial charge in [-0.15, -0.1) is 0 Å². The summed E-state index contributed by atoms with van der Waals surface area (Å²) in [6, 6.07) is 7.24. The van der Waals surface area contributed by atoms with Crippen LogP contribution in [-0.4, -0.2) is 0 Å². The number of hydrogen-bond donors (Lipinski definition) is 0. The molecule has 0 amide bonds. The van der Waals surface area contributed by atoms with Gasteiger partial charge in [0.2, 0.25) is 0 Å². The summed E-state index contributed by atoms with van der Waals surface area (Å²) in [5.41, 5.74) is 1.43. The molecule has 0 aromatic heterocycles. The summed E-state index contributed by atoms with van der Waals surface area (Å²) in [7, 11) is 0. The monoisotopic (exact) mass is 258 g/mol. The lowest BCUT2D eigenvalue weighted by Gasteiger charge is -2.25. The van der Waals surface area contributed by atoms with Crippen LogP contribution in [0.25, 0.3) is 0 Å². The molecule has 0 N–H and O–H groups in total. The van der Waals surface area contributed by atoms with Crippen LogP contribution >= 0.6 is 23.2 Å². The molecule has 0 fully saturated rings. The molecule has 0 aliphatic heterocycles. The summed E-state index contributed by atoms with van der Waals surface area (Å²) in [6.07, 6.45) is 0.957. The standard InChI is InChI=1S/C13H16Cl2O/c1-4-13(2,3)12(9-14)16-11-7-5-10(15)6-8-11/h5-9H,4H2,1-3H3. The Morgan fingerprint density at radius 2 is 1.88 bits per heavy atom. The van der Waals surface area contributed by atoms with E-state index in [2.05, 4.69) is 20.8 Å². The molecule has 0 saturated heterocycles. The molecule has 0 aliphatic rings. The first-order valence-corrected chi connectivity index (χ1v) is 6.05. The Balaban J connectivity index is 2.83. The van der Waals surface area contributed by atoms with E-state index in [9.17, 15) is 0 Å². The van der Waals surface area contributed by atoms with Crippen LogP contribution in [0.4, 0.5) is 0 Å². The quantitative estimate of drug-likeness (QED) is 0.672. The van der Waals surface area contributed by atoms with E-state index in [0.29, 0.717) is 5.02 Å². The Labute approximate surface area is 107 Å². The molecule has 0 spiro atoms. The van der Waals surface area contributed by atoms with Crippen LogP contribution in [0.3, 0.4) is 0 Å². The Hall–Kier alpha value is -0.660. The van der Waals surface area contributed by atoms with Crippen LogP contribution in [0.15, 0.2) is 35.6 Å². The van der Waals surface area contributed by atoms with Gasteiger partial charge >= 0.3 is 0 Å². The molecule has 0 heterocycles. The number of hydrogen-bond acceptors (Lipinski definition) is 1. The fraction of sp³-hybridized carbons (Fsp3) is 0.385. The third-order valence-corrected chi connectivity index (χ3v) is 3.14. The van der Waals surface area contributed by atoms with Crippen LogP contribution < -0.4 is 4.74 Å². The molecule has 0 aliphatic carbocycles. The molecule has 16 heavy (non-hydrogen) atoms. The minimum absolute atomic E-state index is 0.0681. The van der Waals surface area contributed by atoms with Gasteiger partial charge in [0.1, 0.15) is 11.5 Å². The molecular formula is C13H16Cl2O. The SMILES string of the molecule is CCC(C)(C)C(=CCl)Oc1ccc(Cl)cc1. The van der Waals surface area contributed by atoms with Crippen LogP contribution in [0.5, 0.6) is 5.75 Å². The molecule has 0 bridgehead atoms. The molecule has 1 nitrogen and oxygen atoms in total. The first-order chi connectivity index (χ1) is 7.49. The van der Waals surface area contributed by atoms with E-state index in [0.717, 1.165) is 17.9 Å². The summed E-state index contributed by atoms with van der Waals surface area (Å²) in [6.45, 7) is 6.29. The van der Waals surface area contributed by atoms with E-state index in [4.69, 9.17) is 27.9 Å². The molecule has 1 aromatic carbocycles. The van der Waals surface area contributed by atoms with Gasteiger partial charge in [-0.25, -0.2) is 0 Å². The maximum Gasteiger partial charge on any atom is 0.127 e. The lowest BCUT2D eigenvalue weighted by atomic mass is 9.88. The van der Waals surface area contributed by atoms with E-state index >= 15 is 0 Å². The molecule has 0 atom stereocenters. The highest BCUT2D eigenvalue weighted by Gasteiger charge is 2.23. The third-order valence-electron chi connectivity index (χ3n) is 2.69. The van der Waals surface area contributed by atoms with Crippen molar-refractivity contribution in [3.05, 3.63) is 40.6 Å². The first kappa shape index (κ1) is 13.4. The normalized spacial score (nSPS) is 12.7. The molecular weight excluding hydrogens is 243 g/mol. The van der Waals surface area contributed by atoms with Crippen LogP contribution in [-0.2, 0) is 0 Å². The third kappa shape index (κ3) is 3.43. The second-order valence-electron chi connectivity index (χ2n) is 4.27. The predicted molar refractivity (Wildman–Crippen MR) is 70.1 cm³/mol. The highest BCUT2D eigenvalue weighted by atomic mass is 35.5. The summed E-state index contributed by atoms with van der Waals surface area (Å²) in [4.78, 5) is 0. The smallest absolute Gasteiger partial charge is 0.127 e. The second kappa shape index (κ2) is 5.60. The molecule has 0 radical (unpaired) electrons. The Morgan fingerprint density at radius 3 is 2.31 bits per heavy atom. The van der Waals surface area contributed by atoms with E-state index in [1.54, 1.807) is 12.1 Å². The van der Waals surface area contributed by atoms with Crippen molar-refractivity contribution in [2.24, 2.45) is 5.41 Å². The summed E-state index contributed by atoms with van der Waals surface area (Å²) in [5, 5.41) is 0.693. The average molecular weight is 259 g/mol. The first-order valence-electron chi connectivity index (χ1n) is 5.24. The van der Waals surface area contributed by atoms with Gasteiger partial charge in [-0.3, -0.25) is 0 Å². The van der Waals surface area contributed by atoms with Crippen molar-refractivity contribution < 1.29 is 4.74 Å². The topological polar surface area (TPSA) is 9.23 Å². The number of ether oxygens (including phenoxy) is 1. The van der Waals surface area contributed by atoms with E-state index < -0.39 is 0 Å². The lowest BCUT2D eigenvalue weighted by molar-refractivity contribution is 0.267. The van der Waals surface area contributed by atoms with Gasteiger partial charge in [-0.1, -0.05) is 44.0 Å². The van der Waals surface area contributed by atoms with Crippen LogP contribution in [0.2, 0.25) is 5.02 Å². The maximum absolute atomic E-state index is 5.80.